The molecular weight excluding hydrogens is 354 g/mol. The van der Waals surface area contributed by atoms with Crippen molar-refractivity contribution in [1.29, 1.82) is 0 Å². The Labute approximate surface area is 164 Å². The Morgan fingerprint density at radius 3 is 2.50 bits per heavy atom. The van der Waals surface area contributed by atoms with Crippen LogP contribution in [0.25, 0.3) is 0 Å². The quantitative estimate of drug-likeness (QED) is 0.429. The maximum atomic E-state index is 12.9. The number of amides is 1. The van der Waals surface area contributed by atoms with Gasteiger partial charge < -0.3 is 21.2 Å². The molecule has 0 bridgehead atoms. The topological polar surface area (TPSA) is 119 Å². The fourth-order valence-corrected chi connectivity index (χ4v) is 3.54. The van der Waals surface area contributed by atoms with Crippen molar-refractivity contribution in [3.63, 3.8) is 0 Å². The third-order valence-electron chi connectivity index (χ3n) is 5.05. The van der Waals surface area contributed by atoms with Crippen molar-refractivity contribution < 1.29 is 9.21 Å². The molecule has 2 aromatic rings. The molecule has 0 radical (unpaired) electrons. The van der Waals surface area contributed by atoms with E-state index in [0.29, 0.717) is 18.6 Å². The monoisotopic (exact) mass is 381 g/mol. The molecule has 1 aromatic heterocycles. The zero-order chi connectivity index (χ0) is 20.6. The normalized spacial score (nSPS) is 16.5. The number of benzene rings is 1. The summed E-state index contributed by atoms with van der Waals surface area (Å²) in [6.07, 6.45) is 1.40. The molecule has 0 saturated carbocycles. The highest BCUT2D eigenvalue weighted by Gasteiger charge is 2.36. The zero-order valence-electron chi connectivity index (χ0n) is 17.0. The molecule has 1 heterocycles. The first-order chi connectivity index (χ1) is 13.1. The molecule has 28 heavy (non-hydrogen) atoms. The predicted molar refractivity (Wildman–Crippen MR) is 112 cm³/mol. The molecule has 3 rings (SSSR count). The van der Waals surface area contributed by atoms with Crippen LogP contribution in [0.4, 0.5) is 5.69 Å². The number of hydrogen-bond acceptors (Lipinski definition) is 4. The smallest absolute Gasteiger partial charge is 0.291 e. The molecule has 0 aliphatic heterocycles. The van der Waals surface area contributed by atoms with Crippen molar-refractivity contribution >= 4 is 23.3 Å². The zero-order valence-corrected chi connectivity index (χ0v) is 17.0. The van der Waals surface area contributed by atoms with Gasteiger partial charge in [-0.2, -0.15) is 5.10 Å². The molecule has 1 aliphatic rings. The van der Waals surface area contributed by atoms with E-state index in [1.54, 1.807) is 0 Å². The van der Waals surface area contributed by atoms with Gasteiger partial charge in [0.2, 0.25) is 5.96 Å². The molecule has 0 spiro atoms. The molecule has 1 aliphatic carbocycles. The maximum absolute atomic E-state index is 12.9. The van der Waals surface area contributed by atoms with Gasteiger partial charge in [0.05, 0.1) is 5.71 Å². The first-order valence-corrected chi connectivity index (χ1v) is 9.24. The molecule has 0 saturated heterocycles. The third-order valence-corrected chi connectivity index (χ3v) is 5.05. The van der Waals surface area contributed by atoms with Crippen molar-refractivity contribution in [3.8, 4) is 0 Å². The number of guanidine groups is 1. The minimum atomic E-state index is -0.283. The number of nitrogens with two attached hydrogens (primary N) is 2. The number of fused-ring (bicyclic) bond motifs is 1. The van der Waals surface area contributed by atoms with Crippen LogP contribution >= 0.6 is 0 Å². The summed E-state index contributed by atoms with van der Waals surface area (Å²) in [5, 5.41) is 11.0. The maximum Gasteiger partial charge on any atom is 0.291 e. The highest BCUT2D eigenvalue weighted by molar-refractivity contribution is 6.09. The minimum Gasteiger partial charge on any atom is -0.455 e. The largest absolute Gasteiger partial charge is 0.455 e. The minimum absolute atomic E-state index is 0.0726. The molecule has 7 nitrogen and oxygen atoms in total. The fourth-order valence-electron chi connectivity index (χ4n) is 3.54. The second-order valence-electron chi connectivity index (χ2n) is 8.20. The van der Waals surface area contributed by atoms with E-state index in [1.165, 1.54) is 5.56 Å². The van der Waals surface area contributed by atoms with Gasteiger partial charge in [-0.25, -0.2) is 0 Å². The Morgan fingerprint density at radius 1 is 1.14 bits per heavy atom. The van der Waals surface area contributed by atoms with E-state index in [1.807, 2.05) is 39.0 Å². The number of furan rings is 1. The molecule has 7 heteroatoms. The molecular formula is C21H27N5O2. The van der Waals surface area contributed by atoms with Crippen LogP contribution in [0.3, 0.4) is 0 Å². The number of nitrogens with zero attached hydrogens (tertiary/aromatic N) is 2. The van der Waals surface area contributed by atoms with E-state index in [0.717, 1.165) is 33.8 Å². The highest BCUT2D eigenvalue weighted by Crippen LogP contribution is 2.39. The standard InChI is InChI=1S/C21H27N5O2/c1-11-6-7-14(8-12(11)2)24-19(27)18-13(3)17-15(25-26-20(22)23)9-21(4,5)10-16(17)28-18/h6-8H,9-10H2,1-5H3,(H,24,27)(H4,22,23,26)/b25-15-. The van der Waals surface area contributed by atoms with Gasteiger partial charge in [-0.1, -0.05) is 19.9 Å². The molecule has 148 valence electrons. The third kappa shape index (κ3) is 3.93. The van der Waals surface area contributed by atoms with Gasteiger partial charge in [0.15, 0.2) is 5.76 Å². The fraction of sp³-hybridized carbons (Fsp3) is 0.381. The van der Waals surface area contributed by atoms with Crippen molar-refractivity contribution in [2.45, 2.75) is 47.5 Å². The lowest BCUT2D eigenvalue weighted by Gasteiger charge is -2.29. The summed E-state index contributed by atoms with van der Waals surface area (Å²) >= 11 is 0. The van der Waals surface area contributed by atoms with Crippen molar-refractivity contribution in [3.05, 3.63) is 52.0 Å². The number of rotatable bonds is 3. The van der Waals surface area contributed by atoms with Crippen LogP contribution < -0.4 is 16.8 Å². The van der Waals surface area contributed by atoms with Gasteiger partial charge >= 0.3 is 0 Å². The van der Waals surface area contributed by atoms with Crippen LogP contribution in [-0.4, -0.2) is 17.6 Å². The summed E-state index contributed by atoms with van der Waals surface area (Å²) < 4.78 is 5.99. The van der Waals surface area contributed by atoms with Crippen LogP contribution in [0.2, 0.25) is 0 Å². The Balaban J connectivity index is 1.98. The predicted octanol–water partition coefficient (Wildman–Crippen LogP) is 3.41. The van der Waals surface area contributed by atoms with Gasteiger partial charge in [-0.05, 0) is 55.9 Å². The van der Waals surface area contributed by atoms with Crippen molar-refractivity contribution in [2.75, 3.05) is 5.32 Å². The second-order valence-corrected chi connectivity index (χ2v) is 8.20. The van der Waals surface area contributed by atoms with E-state index >= 15 is 0 Å². The number of aryl methyl sites for hydroxylation is 2. The first-order valence-electron chi connectivity index (χ1n) is 9.24. The summed E-state index contributed by atoms with van der Waals surface area (Å²) in [5.74, 6) is 0.641. The summed E-state index contributed by atoms with van der Waals surface area (Å²) in [6, 6.07) is 5.81. The Bertz CT molecular complexity index is 994. The van der Waals surface area contributed by atoms with E-state index in [9.17, 15) is 4.79 Å². The lowest BCUT2D eigenvalue weighted by molar-refractivity contribution is 0.0993. The molecule has 1 amide bonds. The molecule has 1 aromatic carbocycles. The summed E-state index contributed by atoms with van der Waals surface area (Å²) in [7, 11) is 0. The highest BCUT2D eigenvalue weighted by atomic mass is 16.4. The second kappa shape index (κ2) is 7.14. The van der Waals surface area contributed by atoms with E-state index in [-0.39, 0.29) is 17.3 Å². The molecule has 5 N–H and O–H groups in total. The molecule has 0 atom stereocenters. The number of hydrogen-bond donors (Lipinski definition) is 3. The van der Waals surface area contributed by atoms with E-state index in [2.05, 4.69) is 29.4 Å². The van der Waals surface area contributed by atoms with Crippen LogP contribution in [0, 0.1) is 26.2 Å². The van der Waals surface area contributed by atoms with Crippen molar-refractivity contribution in [1.82, 2.24) is 0 Å². The van der Waals surface area contributed by atoms with Gasteiger partial charge in [0.25, 0.3) is 5.91 Å². The number of carbonyl (C=O) groups is 1. The van der Waals surface area contributed by atoms with E-state index < -0.39 is 0 Å². The van der Waals surface area contributed by atoms with Crippen LogP contribution in [0.15, 0.2) is 32.8 Å². The SMILES string of the molecule is Cc1ccc(NC(=O)c2oc3c(c2C)/C(=N\N=C(N)N)CC(C)(C)C3)cc1C. The Kier molecular flexibility index (Phi) is 5.02. The van der Waals surface area contributed by atoms with Gasteiger partial charge in [0, 0.05) is 23.2 Å². The Morgan fingerprint density at radius 2 is 1.86 bits per heavy atom. The first kappa shape index (κ1) is 19.7. The number of nitrogens with one attached hydrogen (secondary N) is 1. The molecule has 0 fully saturated rings. The lowest BCUT2D eigenvalue weighted by atomic mass is 9.75. The Hall–Kier alpha value is -3.09. The summed E-state index contributed by atoms with van der Waals surface area (Å²) in [6.45, 7) is 10.1. The van der Waals surface area contributed by atoms with Gasteiger partial charge in [0.1, 0.15) is 5.76 Å². The van der Waals surface area contributed by atoms with Crippen LogP contribution in [0.1, 0.15) is 58.8 Å². The lowest BCUT2D eigenvalue weighted by Crippen LogP contribution is -2.27. The average molecular weight is 381 g/mol. The molecule has 0 unspecified atom stereocenters. The van der Waals surface area contributed by atoms with Crippen LogP contribution in [-0.2, 0) is 6.42 Å². The average Bonchev–Trinajstić information content (AvgIpc) is 2.91. The summed E-state index contributed by atoms with van der Waals surface area (Å²) in [5.41, 5.74) is 16.1. The van der Waals surface area contributed by atoms with Crippen LogP contribution in [0.5, 0.6) is 0 Å². The van der Waals surface area contributed by atoms with Crippen molar-refractivity contribution in [2.24, 2.45) is 27.1 Å². The summed E-state index contributed by atoms with van der Waals surface area (Å²) in [4.78, 5) is 12.9. The van der Waals surface area contributed by atoms with Gasteiger partial charge in [-0.3, -0.25) is 4.79 Å². The number of anilines is 1. The number of carbonyl (C=O) groups excluding carboxylic acids is 1. The van der Waals surface area contributed by atoms with Gasteiger partial charge in [-0.15, -0.1) is 5.10 Å². The van der Waals surface area contributed by atoms with E-state index in [4.69, 9.17) is 15.9 Å².